The highest BCUT2D eigenvalue weighted by Crippen LogP contribution is 2.36. The van der Waals surface area contributed by atoms with Crippen molar-refractivity contribution in [1.29, 1.82) is 0 Å². The Kier molecular flexibility index (Phi) is 6.75. The molecule has 1 heterocycles. The molecule has 0 aromatic heterocycles. The normalized spacial score (nSPS) is 33.7. The second-order valence-corrected chi connectivity index (χ2v) is 7.65. The van der Waals surface area contributed by atoms with Gasteiger partial charge in [0.2, 0.25) is 0 Å². The molecular weight excluding hydrogens is 224 g/mol. The molecule has 0 aromatic rings. The van der Waals surface area contributed by atoms with Gasteiger partial charge < -0.3 is 10.2 Å². The molecular formula is C8H16O2S3. The minimum atomic E-state index is -0.217. The second-order valence-electron chi connectivity index (χ2n) is 3.17. The molecule has 2 atom stereocenters. The van der Waals surface area contributed by atoms with Gasteiger partial charge in [-0.05, 0) is 35.5 Å². The van der Waals surface area contributed by atoms with E-state index in [0.29, 0.717) is 0 Å². The lowest BCUT2D eigenvalue weighted by atomic mass is 10.1. The quantitative estimate of drug-likeness (QED) is 0.636. The summed E-state index contributed by atoms with van der Waals surface area (Å²) in [5.41, 5.74) is 0. The van der Waals surface area contributed by atoms with Gasteiger partial charge in [0.15, 0.2) is 0 Å². The van der Waals surface area contributed by atoms with Gasteiger partial charge in [-0.2, -0.15) is 0 Å². The number of aliphatic hydroxyl groups excluding tert-OH is 2. The van der Waals surface area contributed by atoms with E-state index in [4.69, 9.17) is 0 Å². The summed E-state index contributed by atoms with van der Waals surface area (Å²) in [6.45, 7) is 0. The van der Waals surface area contributed by atoms with Crippen LogP contribution in [0.15, 0.2) is 0 Å². The third-order valence-corrected chi connectivity index (χ3v) is 6.30. The molecule has 78 valence electrons. The molecule has 0 saturated carbocycles. The summed E-state index contributed by atoms with van der Waals surface area (Å²) in [6, 6.07) is 0. The average molecular weight is 240 g/mol. The van der Waals surface area contributed by atoms with Crippen molar-refractivity contribution in [1.82, 2.24) is 0 Å². The summed E-state index contributed by atoms with van der Waals surface area (Å²) in [4.78, 5) is 0. The van der Waals surface area contributed by atoms with E-state index in [-0.39, 0.29) is 12.2 Å². The third-order valence-electron chi connectivity index (χ3n) is 2.00. The predicted molar refractivity (Wildman–Crippen MR) is 63.0 cm³/mol. The Morgan fingerprint density at radius 1 is 0.769 bits per heavy atom. The highest BCUT2D eigenvalue weighted by molar-refractivity contribution is 9.09. The minimum Gasteiger partial charge on any atom is -0.393 e. The molecule has 0 amide bonds. The summed E-state index contributed by atoms with van der Waals surface area (Å²) in [7, 11) is 5.38. The Labute approximate surface area is 91.0 Å². The summed E-state index contributed by atoms with van der Waals surface area (Å²) >= 11 is 0. The number of rotatable bonds is 0. The van der Waals surface area contributed by atoms with Gasteiger partial charge in [0.1, 0.15) is 0 Å². The summed E-state index contributed by atoms with van der Waals surface area (Å²) < 4.78 is 0. The smallest absolute Gasteiger partial charge is 0.0549 e. The van der Waals surface area contributed by atoms with E-state index in [9.17, 15) is 10.2 Å². The van der Waals surface area contributed by atoms with E-state index in [1.807, 2.05) is 0 Å². The van der Waals surface area contributed by atoms with Gasteiger partial charge in [0, 0.05) is 11.5 Å². The standard InChI is InChI=1S/C8H16O2S3/c9-7-1-2-8(10)4-6-12-13-11-5-3-7/h7-10H,1-6H2. The topological polar surface area (TPSA) is 40.5 Å². The van der Waals surface area contributed by atoms with Gasteiger partial charge in [-0.15, -0.1) is 0 Å². The van der Waals surface area contributed by atoms with Gasteiger partial charge in [-0.3, -0.25) is 0 Å². The van der Waals surface area contributed by atoms with Crippen molar-refractivity contribution in [2.45, 2.75) is 37.9 Å². The van der Waals surface area contributed by atoms with Crippen LogP contribution >= 0.6 is 31.4 Å². The maximum atomic E-state index is 9.50. The largest absolute Gasteiger partial charge is 0.393 e. The Morgan fingerprint density at radius 2 is 1.23 bits per heavy atom. The molecule has 1 aliphatic heterocycles. The first kappa shape index (κ1) is 12.0. The number of hydrogen-bond acceptors (Lipinski definition) is 5. The van der Waals surface area contributed by atoms with Crippen LogP contribution in [0.2, 0.25) is 0 Å². The monoisotopic (exact) mass is 240 g/mol. The summed E-state index contributed by atoms with van der Waals surface area (Å²) in [5.74, 6) is 2.02. The van der Waals surface area contributed by atoms with Gasteiger partial charge in [-0.25, -0.2) is 0 Å². The van der Waals surface area contributed by atoms with Crippen molar-refractivity contribution < 1.29 is 10.2 Å². The first-order chi connectivity index (χ1) is 6.29. The Morgan fingerprint density at radius 3 is 1.69 bits per heavy atom. The number of aliphatic hydroxyl groups is 2. The second kappa shape index (κ2) is 7.29. The molecule has 1 fully saturated rings. The van der Waals surface area contributed by atoms with Crippen LogP contribution in [0.25, 0.3) is 0 Å². The van der Waals surface area contributed by atoms with Gasteiger partial charge in [-0.1, -0.05) is 21.6 Å². The maximum absolute atomic E-state index is 9.50. The van der Waals surface area contributed by atoms with Crippen molar-refractivity contribution in [3.05, 3.63) is 0 Å². The fraction of sp³-hybridized carbons (Fsp3) is 1.00. The lowest BCUT2D eigenvalue weighted by molar-refractivity contribution is 0.111. The molecule has 0 radical (unpaired) electrons. The third kappa shape index (κ3) is 6.12. The fourth-order valence-corrected chi connectivity index (χ4v) is 5.11. The molecule has 1 rings (SSSR count). The lowest BCUT2D eigenvalue weighted by Gasteiger charge is -2.11. The zero-order valence-corrected chi connectivity index (χ0v) is 9.97. The van der Waals surface area contributed by atoms with E-state index in [1.165, 1.54) is 0 Å². The average Bonchev–Trinajstić information content (AvgIpc) is 2.15. The highest BCUT2D eigenvalue weighted by Gasteiger charge is 2.11. The Bertz CT molecular complexity index is 121. The van der Waals surface area contributed by atoms with Crippen LogP contribution in [0.1, 0.15) is 25.7 Å². The zero-order valence-electron chi connectivity index (χ0n) is 7.52. The van der Waals surface area contributed by atoms with Crippen LogP contribution in [0.3, 0.4) is 0 Å². The van der Waals surface area contributed by atoms with Crippen molar-refractivity contribution >= 4 is 31.4 Å². The van der Waals surface area contributed by atoms with Gasteiger partial charge in [0.25, 0.3) is 0 Å². The number of hydrogen-bond donors (Lipinski definition) is 2. The lowest BCUT2D eigenvalue weighted by Crippen LogP contribution is -2.13. The highest BCUT2D eigenvalue weighted by atomic mass is 33.5. The molecule has 1 aliphatic rings. The van der Waals surface area contributed by atoms with Crippen LogP contribution in [0.5, 0.6) is 0 Å². The van der Waals surface area contributed by atoms with Crippen molar-refractivity contribution in [3.8, 4) is 0 Å². The van der Waals surface area contributed by atoms with Crippen molar-refractivity contribution in [2.24, 2.45) is 0 Å². The van der Waals surface area contributed by atoms with E-state index < -0.39 is 0 Å². The molecule has 0 spiro atoms. The fourth-order valence-electron chi connectivity index (χ4n) is 1.14. The van der Waals surface area contributed by atoms with Gasteiger partial charge >= 0.3 is 0 Å². The summed E-state index contributed by atoms with van der Waals surface area (Å²) in [6.07, 6.45) is 2.76. The first-order valence-electron chi connectivity index (χ1n) is 4.56. The molecule has 0 bridgehead atoms. The van der Waals surface area contributed by atoms with Crippen LogP contribution in [-0.2, 0) is 0 Å². The van der Waals surface area contributed by atoms with E-state index in [1.54, 1.807) is 31.4 Å². The molecule has 5 heteroatoms. The SMILES string of the molecule is OC1CCSSSCCC(O)CC1. The summed E-state index contributed by atoms with van der Waals surface area (Å²) in [5, 5.41) is 19.0. The van der Waals surface area contributed by atoms with Gasteiger partial charge in [0.05, 0.1) is 12.2 Å². The molecule has 0 aliphatic carbocycles. The van der Waals surface area contributed by atoms with Crippen molar-refractivity contribution in [2.75, 3.05) is 11.5 Å². The van der Waals surface area contributed by atoms with Crippen LogP contribution in [-0.4, -0.2) is 33.9 Å². The maximum Gasteiger partial charge on any atom is 0.0549 e. The predicted octanol–water partition coefficient (Wildman–Crippen LogP) is 2.31. The van der Waals surface area contributed by atoms with Crippen molar-refractivity contribution in [3.63, 3.8) is 0 Å². The minimum absolute atomic E-state index is 0.217. The molecule has 0 aromatic carbocycles. The zero-order chi connectivity index (χ0) is 9.52. The molecule has 2 N–H and O–H groups in total. The van der Waals surface area contributed by atoms with Crippen LogP contribution < -0.4 is 0 Å². The van der Waals surface area contributed by atoms with E-state index >= 15 is 0 Å². The first-order valence-corrected chi connectivity index (χ1v) is 8.38. The van der Waals surface area contributed by atoms with E-state index in [0.717, 1.165) is 37.2 Å². The van der Waals surface area contributed by atoms with Crippen LogP contribution in [0.4, 0.5) is 0 Å². The Balaban J connectivity index is 2.24. The molecule has 1 saturated heterocycles. The van der Waals surface area contributed by atoms with Crippen LogP contribution in [0, 0.1) is 0 Å². The Hall–Kier alpha value is 0.970. The molecule has 2 nitrogen and oxygen atoms in total. The molecule has 2 unspecified atom stereocenters. The molecule has 13 heavy (non-hydrogen) atoms. The van der Waals surface area contributed by atoms with E-state index in [2.05, 4.69) is 0 Å².